The van der Waals surface area contributed by atoms with Crippen molar-refractivity contribution in [2.45, 2.75) is 26.4 Å². The molecular formula is C12H16ClN5O2. The van der Waals surface area contributed by atoms with E-state index in [2.05, 4.69) is 15.5 Å². The summed E-state index contributed by atoms with van der Waals surface area (Å²) in [5.74, 6) is 0. The summed E-state index contributed by atoms with van der Waals surface area (Å²) in [5.41, 5.74) is 0.692. The largest absolute Gasteiger partial charge is 0.394 e. The molecule has 0 aromatic carbocycles. The summed E-state index contributed by atoms with van der Waals surface area (Å²) in [7, 11) is 0. The first-order chi connectivity index (χ1) is 9.52. The molecule has 0 bridgehead atoms. The smallest absolute Gasteiger partial charge is 0.287 e. The number of aliphatic hydroxyl groups is 1. The van der Waals surface area contributed by atoms with Gasteiger partial charge in [-0.3, -0.25) is 9.48 Å². The molecule has 0 aliphatic carbocycles. The first kappa shape index (κ1) is 14.5. The number of rotatable bonds is 5. The summed E-state index contributed by atoms with van der Waals surface area (Å²) in [4.78, 5) is 11.9. The van der Waals surface area contributed by atoms with E-state index in [0.29, 0.717) is 5.69 Å². The Labute approximate surface area is 120 Å². The minimum atomic E-state index is -0.443. The highest BCUT2D eigenvalue weighted by molar-refractivity contribution is 6.33. The van der Waals surface area contributed by atoms with E-state index in [9.17, 15) is 4.79 Å². The summed E-state index contributed by atoms with van der Waals surface area (Å²) in [6.07, 6.45) is 4.92. The lowest BCUT2D eigenvalue weighted by molar-refractivity contribution is 0.266. The fourth-order valence-corrected chi connectivity index (χ4v) is 1.84. The molecule has 2 rings (SSSR count). The monoisotopic (exact) mass is 297 g/mol. The predicted molar refractivity (Wildman–Crippen MR) is 76.5 cm³/mol. The van der Waals surface area contributed by atoms with Crippen LogP contribution in [0.3, 0.4) is 0 Å². The summed E-state index contributed by atoms with van der Waals surface area (Å²) < 4.78 is 2.90. The van der Waals surface area contributed by atoms with Gasteiger partial charge < -0.3 is 10.4 Å². The van der Waals surface area contributed by atoms with Gasteiger partial charge in [-0.05, 0) is 13.8 Å². The molecule has 2 N–H and O–H groups in total. The molecule has 108 valence electrons. The molecule has 0 atom stereocenters. The third-order valence-electron chi connectivity index (χ3n) is 2.71. The van der Waals surface area contributed by atoms with Crippen LogP contribution in [0.5, 0.6) is 0 Å². The van der Waals surface area contributed by atoms with Crippen molar-refractivity contribution in [1.82, 2.24) is 19.6 Å². The molecule has 2 aromatic heterocycles. The Hall–Kier alpha value is -1.86. The van der Waals surface area contributed by atoms with E-state index in [1.807, 2.05) is 20.0 Å². The van der Waals surface area contributed by atoms with Crippen LogP contribution in [0, 0.1) is 0 Å². The Kier molecular flexibility index (Phi) is 4.41. The minimum Gasteiger partial charge on any atom is -0.394 e. The van der Waals surface area contributed by atoms with E-state index >= 15 is 0 Å². The van der Waals surface area contributed by atoms with Crippen LogP contribution in [0.4, 0.5) is 11.4 Å². The zero-order chi connectivity index (χ0) is 14.7. The lowest BCUT2D eigenvalue weighted by Gasteiger charge is -2.08. The Morgan fingerprint density at radius 3 is 2.75 bits per heavy atom. The quantitative estimate of drug-likeness (QED) is 0.871. The summed E-state index contributed by atoms with van der Waals surface area (Å²) in [6, 6.07) is 0.247. The molecule has 0 aliphatic rings. The number of halogens is 1. The molecule has 0 spiro atoms. The fraction of sp³-hybridized carbons (Fsp3) is 0.417. The fourth-order valence-electron chi connectivity index (χ4n) is 1.65. The van der Waals surface area contributed by atoms with Gasteiger partial charge in [0.05, 0.1) is 36.9 Å². The Morgan fingerprint density at radius 1 is 1.40 bits per heavy atom. The van der Waals surface area contributed by atoms with Crippen molar-refractivity contribution in [1.29, 1.82) is 0 Å². The Bertz CT molecular complexity index is 650. The lowest BCUT2D eigenvalue weighted by Crippen LogP contribution is -2.25. The van der Waals surface area contributed by atoms with Gasteiger partial charge in [-0.25, -0.2) is 4.68 Å². The van der Waals surface area contributed by atoms with Crippen molar-refractivity contribution in [3.63, 3.8) is 0 Å². The lowest BCUT2D eigenvalue weighted by atomic mass is 10.4. The first-order valence-corrected chi connectivity index (χ1v) is 6.58. The van der Waals surface area contributed by atoms with Crippen molar-refractivity contribution in [2.24, 2.45) is 0 Å². The number of anilines is 2. The first-order valence-electron chi connectivity index (χ1n) is 6.20. The van der Waals surface area contributed by atoms with Gasteiger partial charge in [-0.1, -0.05) is 11.6 Å². The number of nitrogens with one attached hydrogen (secondary N) is 1. The third-order valence-corrected chi connectivity index (χ3v) is 3.07. The molecule has 0 saturated heterocycles. The van der Waals surface area contributed by atoms with E-state index in [4.69, 9.17) is 16.7 Å². The average Bonchev–Trinajstić information content (AvgIpc) is 2.87. The summed E-state index contributed by atoms with van der Waals surface area (Å²) >= 11 is 6.01. The average molecular weight is 298 g/mol. The molecular weight excluding hydrogens is 282 g/mol. The molecule has 0 unspecified atom stereocenters. The zero-order valence-corrected chi connectivity index (χ0v) is 12.0. The molecule has 20 heavy (non-hydrogen) atoms. The molecule has 0 aliphatic heterocycles. The molecule has 0 saturated carbocycles. The third kappa shape index (κ3) is 3.00. The van der Waals surface area contributed by atoms with Crippen LogP contribution in [0.25, 0.3) is 0 Å². The highest BCUT2D eigenvalue weighted by Crippen LogP contribution is 2.21. The topological polar surface area (TPSA) is 85.0 Å². The van der Waals surface area contributed by atoms with Crippen molar-refractivity contribution in [2.75, 3.05) is 11.9 Å². The van der Waals surface area contributed by atoms with Crippen molar-refractivity contribution in [3.05, 3.63) is 34.0 Å². The Morgan fingerprint density at radius 2 is 2.15 bits per heavy atom. The SMILES string of the molecule is CC(C)n1cc(Nc2cnn(CCO)c(=O)c2Cl)cn1. The van der Waals surface area contributed by atoms with Crippen LogP contribution in [0.2, 0.25) is 5.02 Å². The van der Waals surface area contributed by atoms with Crippen LogP contribution in [0.1, 0.15) is 19.9 Å². The van der Waals surface area contributed by atoms with Crippen molar-refractivity contribution >= 4 is 23.0 Å². The second-order valence-corrected chi connectivity index (χ2v) is 4.93. The van der Waals surface area contributed by atoms with Crippen molar-refractivity contribution < 1.29 is 5.11 Å². The molecule has 7 nitrogen and oxygen atoms in total. The van der Waals surface area contributed by atoms with Gasteiger partial charge in [-0.2, -0.15) is 10.2 Å². The number of aliphatic hydroxyl groups excluding tert-OH is 1. The highest BCUT2D eigenvalue weighted by Gasteiger charge is 2.10. The summed E-state index contributed by atoms with van der Waals surface area (Å²) in [6.45, 7) is 3.98. The maximum Gasteiger partial charge on any atom is 0.287 e. The number of aromatic nitrogens is 4. The van der Waals surface area contributed by atoms with E-state index < -0.39 is 5.56 Å². The molecule has 0 radical (unpaired) electrons. The van der Waals surface area contributed by atoms with Gasteiger partial charge in [0.1, 0.15) is 5.02 Å². The second kappa shape index (κ2) is 6.06. The standard InChI is InChI=1S/C12H16ClN5O2/c1-8(2)18-7-9(5-14-18)16-10-6-15-17(3-4-19)12(20)11(10)13/h5-8,16,19H,3-4H2,1-2H3. The number of hydrogen-bond donors (Lipinski definition) is 2. The predicted octanol–water partition coefficient (Wildman–Crippen LogP) is 1.41. The van der Waals surface area contributed by atoms with Gasteiger partial charge in [-0.15, -0.1) is 0 Å². The number of hydrogen-bond acceptors (Lipinski definition) is 5. The maximum atomic E-state index is 11.9. The minimum absolute atomic E-state index is 0.0331. The van der Waals surface area contributed by atoms with Gasteiger partial charge in [0.2, 0.25) is 0 Å². The van der Waals surface area contributed by atoms with Gasteiger partial charge >= 0.3 is 0 Å². The van der Waals surface area contributed by atoms with Crippen LogP contribution in [0.15, 0.2) is 23.4 Å². The van der Waals surface area contributed by atoms with Crippen LogP contribution < -0.4 is 10.9 Å². The maximum absolute atomic E-state index is 11.9. The van der Waals surface area contributed by atoms with Crippen LogP contribution >= 0.6 is 11.6 Å². The molecule has 0 amide bonds. The Balaban J connectivity index is 2.25. The van der Waals surface area contributed by atoms with Gasteiger partial charge in [0.15, 0.2) is 0 Å². The van der Waals surface area contributed by atoms with Gasteiger partial charge in [0.25, 0.3) is 5.56 Å². The van der Waals surface area contributed by atoms with E-state index in [-0.39, 0.29) is 24.2 Å². The van der Waals surface area contributed by atoms with Gasteiger partial charge in [0, 0.05) is 12.2 Å². The normalized spacial score (nSPS) is 11.1. The van der Waals surface area contributed by atoms with E-state index in [1.165, 1.54) is 6.20 Å². The molecule has 2 heterocycles. The van der Waals surface area contributed by atoms with Crippen molar-refractivity contribution in [3.8, 4) is 0 Å². The molecule has 2 aromatic rings. The molecule has 8 heteroatoms. The summed E-state index contributed by atoms with van der Waals surface area (Å²) in [5, 5.41) is 20.0. The van der Waals surface area contributed by atoms with Crippen LogP contribution in [-0.4, -0.2) is 31.3 Å². The number of nitrogens with zero attached hydrogens (tertiary/aromatic N) is 4. The second-order valence-electron chi connectivity index (χ2n) is 4.55. The zero-order valence-electron chi connectivity index (χ0n) is 11.2. The molecule has 0 fully saturated rings. The van der Waals surface area contributed by atoms with Crippen LogP contribution in [-0.2, 0) is 6.54 Å². The highest BCUT2D eigenvalue weighted by atomic mass is 35.5. The van der Waals surface area contributed by atoms with E-state index in [0.717, 1.165) is 10.4 Å². The van der Waals surface area contributed by atoms with E-state index in [1.54, 1.807) is 10.9 Å².